The molecule has 0 aromatic carbocycles. The molecule has 3 amide bonds. The summed E-state index contributed by atoms with van der Waals surface area (Å²) in [6, 6.07) is 0.201. The van der Waals surface area contributed by atoms with Gasteiger partial charge in [-0.2, -0.15) is 0 Å². The van der Waals surface area contributed by atoms with Crippen LogP contribution in [0.2, 0.25) is 0 Å². The Labute approximate surface area is 124 Å². The molecule has 0 bridgehead atoms. The van der Waals surface area contributed by atoms with Gasteiger partial charge in [-0.25, -0.2) is 4.79 Å². The van der Waals surface area contributed by atoms with Gasteiger partial charge in [0.2, 0.25) is 5.91 Å². The van der Waals surface area contributed by atoms with Crippen molar-refractivity contribution < 1.29 is 19.5 Å². The first-order chi connectivity index (χ1) is 9.78. The van der Waals surface area contributed by atoms with Crippen LogP contribution in [0.4, 0.5) is 4.79 Å². The van der Waals surface area contributed by atoms with Crippen molar-refractivity contribution in [2.24, 2.45) is 5.41 Å². The average molecular weight is 297 g/mol. The Morgan fingerprint density at radius 3 is 2.48 bits per heavy atom. The summed E-state index contributed by atoms with van der Waals surface area (Å²) in [6.07, 6.45) is 3.14. The van der Waals surface area contributed by atoms with E-state index in [0.717, 1.165) is 19.5 Å². The lowest BCUT2D eigenvalue weighted by Gasteiger charge is -2.19. The predicted molar refractivity (Wildman–Crippen MR) is 75.7 cm³/mol. The fourth-order valence-electron chi connectivity index (χ4n) is 2.55. The molecule has 2 aliphatic rings. The highest BCUT2D eigenvalue weighted by atomic mass is 16.4. The Kier molecular flexibility index (Phi) is 4.51. The fourth-order valence-corrected chi connectivity index (χ4v) is 2.55. The third kappa shape index (κ3) is 4.42. The summed E-state index contributed by atoms with van der Waals surface area (Å²) in [6.45, 7) is 4.72. The average Bonchev–Trinajstić information content (AvgIpc) is 3.09. The number of aliphatic carboxylic acids is 1. The number of likely N-dealkylation sites (tertiary alicyclic amines) is 1. The van der Waals surface area contributed by atoms with Crippen LogP contribution in [-0.4, -0.2) is 53.1 Å². The Morgan fingerprint density at radius 1 is 1.24 bits per heavy atom. The van der Waals surface area contributed by atoms with Crippen LogP contribution >= 0.6 is 0 Å². The van der Waals surface area contributed by atoms with Gasteiger partial charge in [-0.15, -0.1) is 0 Å². The summed E-state index contributed by atoms with van der Waals surface area (Å²) in [7, 11) is 0. The SMILES string of the molecule is CC(C)(CC(=O)NC(=O)NC1CCN(C2CC2)C1)C(=O)O. The molecule has 0 spiro atoms. The van der Waals surface area contributed by atoms with Crippen molar-refractivity contribution in [1.29, 1.82) is 0 Å². The molecule has 3 N–H and O–H groups in total. The highest BCUT2D eigenvalue weighted by Crippen LogP contribution is 2.29. The molecule has 2 fully saturated rings. The summed E-state index contributed by atoms with van der Waals surface area (Å²) < 4.78 is 0. The molecule has 1 saturated carbocycles. The lowest BCUT2D eigenvalue weighted by molar-refractivity contribution is -0.149. The number of urea groups is 1. The van der Waals surface area contributed by atoms with Crippen LogP contribution < -0.4 is 10.6 Å². The van der Waals surface area contributed by atoms with Crippen LogP contribution in [0, 0.1) is 5.41 Å². The van der Waals surface area contributed by atoms with Crippen molar-refractivity contribution in [3.63, 3.8) is 0 Å². The maximum atomic E-state index is 11.7. The van der Waals surface area contributed by atoms with E-state index in [0.29, 0.717) is 6.04 Å². The maximum absolute atomic E-state index is 11.7. The molecular formula is C14H23N3O4. The Morgan fingerprint density at radius 2 is 1.90 bits per heavy atom. The number of carbonyl (C=O) groups excluding carboxylic acids is 2. The molecule has 1 saturated heterocycles. The van der Waals surface area contributed by atoms with E-state index in [9.17, 15) is 14.4 Å². The maximum Gasteiger partial charge on any atom is 0.321 e. The lowest BCUT2D eigenvalue weighted by atomic mass is 9.89. The second-order valence-corrected chi connectivity index (χ2v) is 6.60. The number of amides is 3. The van der Waals surface area contributed by atoms with Gasteiger partial charge in [-0.3, -0.25) is 19.8 Å². The molecule has 1 unspecified atom stereocenters. The Balaban J connectivity index is 1.71. The highest BCUT2D eigenvalue weighted by Gasteiger charge is 2.35. The summed E-state index contributed by atoms with van der Waals surface area (Å²) in [4.78, 5) is 36.7. The van der Waals surface area contributed by atoms with E-state index < -0.39 is 23.3 Å². The number of hydrogen-bond acceptors (Lipinski definition) is 4. The minimum Gasteiger partial charge on any atom is -0.481 e. The molecule has 2 rings (SSSR count). The van der Waals surface area contributed by atoms with Crippen LogP contribution in [0.25, 0.3) is 0 Å². The van der Waals surface area contributed by atoms with E-state index in [1.54, 1.807) is 0 Å². The van der Waals surface area contributed by atoms with Gasteiger partial charge in [0.1, 0.15) is 0 Å². The van der Waals surface area contributed by atoms with Crippen molar-refractivity contribution in [3.8, 4) is 0 Å². The first kappa shape index (κ1) is 15.8. The molecule has 21 heavy (non-hydrogen) atoms. The number of carboxylic acid groups (broad SMARTS) is 1. The molecule has 7 heteroatoms. The van der Waals surface area contributed by atoms with Gasteiger partial charge in [-0.1, -0.05) is 0 Å². The van der Waals surface area contributed by atoms with Crippen molar-refractivity contribution in [2.75, 3.05) is 13.1 Å². The van der Waals surface area contributed by atoms with E-state index >= 15 is 0 Å². The molecule has 7 nitrogen and oxygen atoms in total. The van der Waals surface area contributed by atoms with E-state index in [-0.39, 0.29) is 12.5 Å². The van der Waals surface area contributed by atoms with Gasteiger partial charge in [0.05, 0.1) is 5.41 Å². The largest absolute Gasteiger partial charge is 0.481 e. The number of carboxylic acids is 1. The molecule has 1 aliphatic heterocycles. The Bertz CT molecular complexity index is 446. The van der Waals surface area contributed by atoms with Crippen molar-refractivity contribution in [3.05, 3.63) is 0 Å². The molecule has 1 atom stereocenters. The topological polar surface area (TPSA) is 98.7 Å². The second kappa shape index (κ2) is 6.01. The van der Waals surface area contributed by atoms with Crippen LogP contribution in [-0.2, 0) is 9.59 Å². The summed E-state index contributed by atoms with van der Waals surface area (Å²) in [5.41, 5.74) is -1.18. The molecule has 0 aromatic heterocycles. The van der Waals surface area contributed by atoms with Gasteiger partial charge in [0.15, 0.2) is 0 Å². The summed E-state index contributed by atoms with van der Waals surface area (Å²) >= 11 is 0. The third-order valence-corrected chi connectivity index (χ3v) is 4.05. The predicted octanol–water partition coefficient (Wildman–Crippen LogP) is 0.550. The normalized spacial score (nSPS) is 22.9. The third-order valence-electron chi connectivity index (χ3n) is 4.05. The van der Waals surface area contributed by atoms with Gasteiger partial charge < -0.3 is 10.4 Å². The van der Waals surface area contributed by atoms with Gasteiger partial charge in [-0.05, 0) is 33.1 Å². The van der Waals surface area contributed by atoms with E-state index in [1.165, 1.54) is 26.7 Å². The zero-order chi connectivity index (χ0) is 15.6. The molecule has 0 radical (unpaired) electrons. The standard InChI is InChI=1S/C14H23N3O4/c1-14(2,12(19)20)7-11(18)16-13(21)15-9-5-6-17(8-9)10-3-4-10/h9-10H,3-8H2,1-2H3,(H,19,20)(H2,15,16,18,21). The van der Waals surface area contributed by atoms with E-state index in [1.807, 2.05) is 0 Å². The highest BCUT2D eigenvalue weighted by molar-refractivity contribution is 5.96. The van der Waals surface area contributed by atoms with Gasteiger partial charge in [0, 0.05) is 31.6 Å². The molecule has 1 heterocycles. The van der Waals surface area contributed by atoms with Crippen LogP contribution in [0.3, 0.4) is 0 Å². The minimum absolute atomic E-state index is 0.0610. The fraction of sp³-hybridized carbons (Fsp3) is 0.786. The number of rotatable bonds is 5. The molecule has 1 aliphatic carbocycles. The number of carbonyl (C=O) groups is 3. The quantitative estimate of drug-likeness (QED) is 0.688. The van der Waals surface area contributed by atoms with E-state index in [4.69, 9.17) is 5.11 Å². The number of nitrogens with zero attached hydrogens (tertiary/aromatic N) is 1. The zero-order valence-electron chi connectivity index (χ0n) is 12.5. The first-order valence-corrected chi connectivity index (χ1v) is 7.36. The monoisotopic (exact) mass is 297 g/mol. The smallest absolute Gasteiger partial charge is 0.321 e. The van der Waals surface area contributed by atoms with Crippen molar-refractivity contribution in [1.82, 2.24) is 15.5 Å². The minimum atomic E-state index is -1.18. The van der Waals surface area contributed by atoms with Crippen LogP contribution in [0.1, 0.15) is 39.5 Å². The Hall–Kier alpha value is -1.63. The molecular weight excluding hydrogens is 274 g/mol. The second-order valence-electron chi connectivity index (χ2n) is 6.60. The first-order valence-electron chi connectivity index (χ1n) is 7.36. The number of hydrogen-bond donors (Lipinski definition) is 3. The van der Waals surface area contributed by atoms with Crippen LogP contribution in [0.15, 0.2) is 0 Å². The number of imide groups is 1. The molecule has 118 valence electrons. The summed E-state index contributed by atoms with van der Waals surface area (Å²) in [5.74, 6) is -1.63. The van der Waals surface area contributed by atoms with Crippen LogP contribution in [0.5, 0.6) is 0 Å². The van der Waals surface area contributed by atoms with Gasteiger partial charge in [0.25, 0.3) is 0 Å². The van der Waals surface area contributed by atoms with Gasteiger partial charge >= 0.3 is 12.0 Å². The molecule has 0 aromatic rings. The zero-order valence-corrected chi connectivity index (χ0v) is 12.5. The van der Waals surface area contributed by atoms with E-state index in [2.05, 4.69) is 15.5 Å². The van der Waals surface area contributed by atoms with Crippen molar-refractivity contribution >= 4 is 17.9 Å². The number of nitrogens with one attached hydrogen (secondary N) is 2. The summed E-state index contributed by atoms with van der Waals surface area (Å²) in [5, 5.41) is 13.9. The lowest BCUT2D eigenvalue weighted by Crippen LogP contribution is -2.46. The van der Waals surface area contributed by atoms with Crippen molar-refractivity contribution in [2.45, 2.75) is 51.6 Å².